The summed E-state index contributed by atoms with van der Waals surface area (Å²) in [6, 6.07) is 41.7. The molecule has 0 N–H and O–H groups in total. The summed E-state index contributed by atoms with van der Waals surface area (Å²) in [4.78, 5) is 2.53. The molecule has 2 unspecified atom stereocenters. The Balaban J connectivity index is 1.10. The fraction of sp³-hybridized carbons (Fsp3) is 0.137. The summed E-state index contributed by atoms with van der Waals surface area (Å²) >= 11 is 0. The maximum atomic E-state index is 2.58. The van der Waals surface area contributed by atoms with Crippen LogP contribution in [0.4, 0.5) is 17.1 Å². The topological polar surface area (TPSA) is 3.24 Å². The Labute approximate surface area is 305 Å². The lowest BCUT2D eigenvalue weighted by Crippen LogP contribution is -2.25. The Kier molecular flexibility index (Phi) is 5.84. The number of fused-ring (bicyclic) bond motifs is 7. The van der Waals surface area contributed by atoms with Gasteiger partial charge in [-0.25, -0.2) is 0 Å². The molecule has 5 aromatic rings. The summed E-state index contributed by atoms with van der Waals surface area (Å²) in [5.74, 6) is 0.439. The lowest BCUT2D eigenvalue weighted by atomic mass is 9.71. The van der Waals surface area contributed by atoms with Crippen LogP contribution in [0.25, 0.3) is 27.5 Å². The van der Waals surface area contributed by atoms with Crippen molar-refractivity contribution in [2.45, 2.75) is 37.5 Å². The number of benzene rings is 5. The highest BCUT2D eigenvalue weighted by Crippen LogP contribution is 2.72. The van der Waals surface area contributed by atoms with Gasteiger partial charge in [0.1, 0.15) is 0 Å². The zero-order valence-electron chi connectivity index (χ0n) is 29.1. The van der Waals surface area contributed by atoms with Crippen molar-refractivity contribution in [1.82, 2.24) is 0 Å². The van der Waals surface area contributed by atoms with E-state index in [4.69, 9.17) is 0 Å². The molecule has 52 heavy (non-hydrogen) atoms. The van der Waals surface area contributed by atoms with Crippen molar-refractivity contribution in [2.75, 3.05) is 4.90 Å². The van der Waals surface area contributed by atoms with Gasteiger partial charge in [-0.3, -0.25) is 0 Å². The average molecular weight is 664 g/mol. The highest BCUT2D eigenvalue weighted by molar-refractivity contribution is 6.07. The number of hydrogen-bond donors (Lipinski definition) is 0. The van der Waals surface area contributed by atoms with Gasteiger partial charge in [0.15, 0.2) is 0 Å². The summed E-state index contributed by atoms with van der Waals surface area (Å²) in [7, 11) is 0. The largest absolute Gasteiger partial charge is 0.310 e. The molecule has 0 aliphatic heterocycles. The van der Waals surface area contributed by atoms with Gasteiger partial charge >= 0.3 is 0 Å². The smallest absolute Gasteiger partial charge is 0.0731 e. The Morgan fingerprint density at radius 3 is 2.40 bits per heavy atom. The fourth-order valence-electron chi connectivity index (χ4n) is 10.9. The Morgan fingerprint density at radius 2 is 1.42 bits per heavy atom. The van der Waals surface area contributed by atoms with Gasteiger partial charge in [-0.05, 0) is 140 Å². The maximum absolute atomic E-state index is 2.58. The minimum absolute atomic E-state index is 0.226. The van der Waals surface area contributed by atoms with Crippen molar-refractivity contribution in [3.05, 3.63) is 213 Å². The lowest BCUT2D eigenvalue weighted by molar-refractivity contribution is 0.793. The summed E-state index contributed by atoms with van der Waals surface area (Å²) < 4.78 is 0. The molecular weight excluding hydrogens is 627 g/mol. The van der Waals surface area contributed by atoms with Crippen LogP contribution in [0.1, 0.15) is 59.9 Å². The van der Waals surface area contributed by atoms with Crippen LogP contribution in [0.15, 0.2) is 186 Å². The second-order valence-electron chi connectivity index (χ2n) is 15.3. The van der Waals surface area contributed by atoms with E-state index in [0.29, 0.717) is 5.92 Å². The number of hydrogen-bond acceptors (Lipinski definition) is 1. The average Bonchev–Trinajstić information content (AvgIpc) is 3.81. The molecule has 0 radical (unpaired) electrons. The molecule has 0 aromatic heterocycles. The summed E-state index contributed by atoms with van der Waals surface area (Å²) in [6.45, 7) is 0. The molecule has 0 saturated heterocycles. The van der Waals surface area contributed by atoms with E-state index in [0.717, 1.165) is 32.1 Å². The molecule has 246 valence electrons. The first-order chi connectivity index (χ1) is 25.8. The number of anilines is 3. The molecule has 7 aliphatic rings. The molecular formula is C51H37N. The van der Waals surface area contributed by atoms with E-state index in [-0.39, 0.29) is 5.41 Å². The molecule has 0 amide bonds. The number of allylic oxidation sites excluding steroid dienone is 16. The first-order valence-electron chi connectivity index (χ1n) is 19.1. The van der Waals surface area contributed by atoms with Gasteiger partial charge in [0.2, 0.25) is 0 Å². The molecule has 0 bridgehead atoms. The Morgan fingerprint density at radius 1 is 0.615 bits per heavy atom. The van der Waals surface area contributed by atoms with E-state index in [2.05, 4.69) is 163 Å². The van der Waals surface area contributed by atoms with E-state index in [1.165, 1.54) is 72.4 Å². The fourth-order valence-corrected chi connectivity index (χ4v) is 10.9. The van der Waals surface area contributed by atoms with Crippen LogP contribution in [-0.4, -0.2) is 0 Å². The van der Waals surface area contributed by atoms with E-state index in [1.54, 1.807) is 27.9 Å². The summed E-state index contributed by atoms with van der Waals surface area (Å²) in [6.07, 6.45) is 24.3. The van der Waals surface area contributed by atoms with E-state index in [9.17, 15) is 0 Å². The van der Waals surface area contributed by atoms with Gasteiger partial charge in [0.05, 0.1) is 11.1 Å². The first kappa shape index (κ1) is 28.7. The minimum atomic E-state index is -0.226. The molecule has 7 aliphatic carbocycles. The molecule has 0 fully saturated rings. The normalized spacial score (nSPS) is 22.7. The van der Waals surface area contributed by atoms with Crippen LogP contribution in [0.3, 0.4) is 0 Å². The zero-order valence-corrected chi connectivity index (χ0v) is 29.1. The molecule has 12 rings (SSSR count). The molecule has 1 spiro atoms. The van der Waals surface area contributed by atoms with Crippen LogP contribution < -0.4 is 4.90 Å². The van der Waals surface area contributed by atoms with Gasteiger partial charge < -0.3 is 4.90 Å². The maximum Gasteiger partial charge on any atom is 0.0731 e. The second-order valence-corrected chi connectivity index (χ2v) is 15.3. The molecule has 5 aromatic carbocycles. The molecule has 0 heterocycles. The number of nitrogens with zero attached hydrogens (tertiary/aromatic N) is 1. The van der Waals surface area contributed by atoms with Crippen molar-refractivity contribution in [1.29, 1.82) is 0 Å². The van der Waals surface area contributed by atoms with Crippen LogP contribution in [0.5, 0.6) is 0 Å². The summed E-state index contributed by atoms with van der Waals surface area (Å²) in [5, 5.41) is 2.51. The van der Waals surface area contributed by atoms with Crippen molar-refractivity contribution in [3.63, 3.8) is 0 Å². The molecule has 2 atom stereocenters. The van der Waals surface area contributed by atoms with E-state index >= 15 is 0 Å². The van der Waals surface area contributed by atoms with Gasteiger partial charge in [0.25, 0.3) is 0 Å². The molecule has 1 nitrogen and oxygen atoms in total. The SMILES string of the molecule is C1=CC2=CC=C(c3cccc(N(c4ccc5c(c4)C46C7=C(CCC=C75)C5=CCCC(=C54)c4ccccc46)c4cccc5ccccc45)c3)CC2C=C1. The Hall–Kier alpha value is -5.92. The van der Waals surface area contributed by atoms with Crippen molar-refractivity contribution in [2.24, 2.45) is 5.92 Å². The van der Waals surface area contributed by atoms with Crippen LogP contribution in [0, 0.1) is 5.92 Å². The first-order valence-corrected chi connectivity index (χ1v) is 19.1. The van der Waals surface area contributed by atoms with Gasteiger partial charge in [-0.2, -0.15) is 0 Å². The zero-order chi connectivity index (χ0) is 34.0. The Bertz CT molecular complexity index is 2710. The molecule has 0 saturated carbocycles. The van der Waals surface area contributed by atoms with Crippen LogP contribution >= 0.6 is 0 Å². The van der Waals surface area contributed by atoms with Crippen molar-refractivity contribution >= 4 is 44.6 Å². The predicted octanol–water partition coefficient (Wildman–Crippen LogP) is 13.0. The third-order valence-electron chi connectivity index (χ3n) is 12.9. The van der Waals surface area contributed by atoms with E-state index < -0.39 is 0 Å². The van der Waals surface area contributed by atoms with Gasteiger partial charge in [-0.1, -0.05) is 127 Å². The summed E-state index contributed by atoms with van der Waals surface area (Å²) in [5.41, 5.74) is 22.7. The third-order valence-corrected chi connectivity index (χ3v) is 12.9. The standard InChI is InChI=1S/C51H37N/c1-2-13-34-29-36(26-25-32(34)11-1)35-15-7-16-37(30-35)52(48-24-8-14-33-12-3-4-17-39(33)48)38-27-28-41-43-20-10-22-45-44-21-9-19-42-40-18-5-6-23-46(40)51(49(42)44,50(43)45)47(41)31-38/h1-8,11-18,20-21,23-28,30-31,34H,9-10,19,22,29H2. The molecule has 1 heteroatoms. The van der Waals surface area contributed by atoms with Crippen LogP contribution in [0.2, 0.25) is 0 Å². The van der Waals surface area contributed by atoms with Gasteiger partial charge in [-0.15, -0.1) is 0 Å². The lowest BCUT2D eigenvalue weighted by Gasteiger charge is -2.32. The minimum Gasteiger partial charge on any atom is -0.310 e. The highest BCUT2D eigenvalue weighted by atomic mass is 15.1. The van der Waals surface area contributed by atoms with Crippen molar-refractivity contribution < 1.29 is 0 Å². The van der Waals surface area contributed by atoms with Crippen molar-refractivity contribution in [3.8, 4) is 0 Å². The van der Waals surface area contributed by atoms with Gasteiger partial charge in [0, 0.05) is 22.7 Å². The van der Waals surface area contributed by atoms with Crippen LogP contribution in [-0.2, 0) is 5.41 Å². The quantitative estimate of drug-likeness (QED) is 0.185. The van der Waals surface area contributed by atoms with E-state index in [1.807, 2.05) is 0 Å². The highest BCUT2D eigenvalue weighted by Gasteiger charge is 2.61. The predicted molar refractivity (Wildman–Crippen MR) is 217 cm³/mol. The number of rotatable bonds is 4. The second kappa shape index (κ2) is 10.6. The third kappa shape index (κ3) is 3.68. The monoisotopic (exact) mass is 663 g/mol.